The van der Waals surface area contributed by atoms with Crippen LogP contribution in [0, 0.1) is 13.8 Å². The Bertz CT molecular complexity index is 615. The van der Waals surface area contributed by atoms with Crippen molar-refractivity contribution in [2.45, 2.75) is 31.8 Å². The van der Waals surface area contributed by atoms with Gasteiger partial charge in [-0.05, 0) is 54.7 Å². The number of alkyl halides is 4. The van der Waals surface area contributed by atoms with E-state index >= 15 is 0 Å². The second-order valence-corrected chi connectivity index (χ2v) is 5.68. The van der Waals surface area contributed by atoms with Gasteiger partial charge in [0.05, 0.1) is 10.9 Å². The van der Waals surface area contributed by atoms with E-state index in [1.54, 1.807) is 0 Å². The van der Waals surface area contributed by atoms with Crippen LogP contribution in [0.25, 0.3) is 0 Å². The lowest BCUT2D eigenvalue weighted by molar-refractivity contribution is -0.137. The van der Waals surface area contributed by atoms with E-state index in [4.69, 9.17) is 11.6 Å². The number of aryl methyl sites for hydroxylation is 1. The number of halogens is 4. The molecular weight excluding hydrogens is 297 g/mol. The summed E-state index contributed by atoms with van der Waals surface area (Å²) >= 11 is 6.43. The average Bonchev–Trinajstić information content (AvgIpc) is 2.41. The standard InChI is InChI=1S/C17H16ClF3/c1-11-4-3-5-15(12(11)2)16(18)10-13-6-8-14(9-7-13)17(19,20)21/h3-9,16H,10H2,1-2H3. The zero-order valence-electron chi connectivity index (χ0n) is 11.8. The molecule has 21 heavy (non-hydrogen) atoms. The largest absolute Gasteiger partial charge is 0.416 e. The van der Waals surface area contributed by atoms with Crippen molar-refractivity contribution in [3.63, 3.8) is 0 Å². The van der Waals surface area contributed by atoms with E-state index in [0.717, 1.165) is 34.4 Å². The molecule has 0 spiro atoms. The Morgan fingerprint density at radius 3 is 2.19 bits per heavy atom. The molecule has 1 atom stereocenters. The van der Waals surface area contributed by atoms with Gasteiger partial charge in [0.2, 0.25) is 0 Å². The van der Waals surface area contributed by atoms with Gasteiger partial charge in [0, 0.05) is 0 Å². The summed E-state index contributed by atoms with van der Waals surface area (Å²) < 4.78 is 37.6. The van der Waals surface area contributed by atoms with Crippen LogP contribution in [-0.4, -0.2) is 0 Å². The Balaban J connectivity index is 2.16. The molecule has 2 aromatic rings. The molecule has 0 N–H and O–H groups in total. The smallest absolute Gasteiger partial charge is 0.166 e. The van der Waals surface area contributed by atoms with Gasteiger partial charge in [0.15, 0.2) is 0 Å². The monoisotopic (exact) mass is 312 g/mol. The van der Waals surface area contributed by atoms with Crippen molar-refractivity contribution in [1.82, 2.24) is 0 Å². The summed E-state index contributed by atoms with van der Waals surface area (Å²) in [5.74, 6) is 0. The van der Waals surface area contributed by atoms with Gasteiger partial charge in [-0.2, -0.15) is 13.2 Å². The van der Waals surface area contributed by atoms with E-state index in [2.05, 4.69) is 0 Å². The zero-order chi connectivity index (χ0) is 15.6. The lowest BCUT2D eigenvalue weighted by Crippen LogP contribution is -2.05. The van der Waals surface area contributed by atoms with Crippen molar-refractivity contribution in [2.24, 2.45) is 0 Å². The molecule has 2 aromatic carbocycles. The van der Waals surface area contributed by atoms with Gasteiger partial charge in [-0.1, -0.05) is 30.3 Å². The van der Waals surface area contributed by atoms with Gasteiger partial charge in [-0.15, -0.1) is 11.6 Å². The molecule has 1 unspecified atom stereocenters. The van der Waals surface area contributed by atoms with E-state index < -0.39 is 11.7 Å². The molecule has 0 aliphatic heterocycles. The lowest BCUT2D eigenvalue weighted by Gasteiger charge is -2.15. The van der Waals surface area contributed by atoms with Crippen molar-refractivity contribution in [3.8, 4) is 0 Å². The summed E-state index contributed by atoms with van der Waals surface area (Å²) in [5.41, 5.74) is 3.47. The van der Waals surface area contributed by atoms with Crippen LogP contribution >= 0.6 is 11.6 Å². The highest BCUT2D eigenvalue weighted by atomic mass is 35.5. The van der Waals surface area contributed by atoms with Crippen LogP contribution < -0.4 is 0 Å². The molecule has 2 rings (SSSR count). The topological polar surface area (TPSA) is 0 Å². The molecule has 0 saturated carbocycles. The third kappa shape index (κ3) is 3.79. The van der Waals surface area contributed by atoms with Crippen molar-refractivity contribution in [2.75, 3.05) is 0 Å². The normalized spacial score (nSPS) is 13.2. The molecule has 0 aromatic heterocycles. The summed E-state index contributed by atoms with van der Waals surface area (Å²) in [5, 5.41) is -0.248. The molecule has 112 valence electrons. The van der Waals surface area contributed by atoms with Gasteiger partial charge in [0.25, 0.3) is 0 Å². The summed E-state index contributed by atoms with van der Waals surface area (Å²) in [7, 11) is 0. The maximum Gasteiger partial charge on any atom is 0.416 e. The molecule has 0 nitrogen and oxygen atoms in total. The molecule has 0 aliphatic rings. The minimum Gasteiger partial charge on any atom is -0.166 e. The van der Waals surface area contributed by atoms with Crippen molar-refractivity contribution >= 4 is 11.6 Å². The highest BCUT2D eigenvalue weighted by Gasteiger charge is 2.30. The minimum atomic E-state index is -4.30. The first-order valence-corrected chi connectivity index (χ1v) is 7.09. The molecule has 0 heterocycles. The zero-order valence-corrected chi connectivity index (χ0v) is 12.6. The van der Waals surface area contributed by atoms with Crippen LogP contribution in [0.1, 0.15) is 33.2 Å². The highest BCUT2D eigenvalue weighted by Crippen LogP contribution is 2.32. The molecule has 0 saturated heterocycles. The van der Waals surface area contributed by atoms with Crippen LogP contribution in [0.2, 0.25) is 0 Å². The van der Waals surface area contributed by atoms with Crippen LogP contribution in [0.4, 0.5) is 13.2 Å². The van der Waals surface area contributed by atoms with Crippen molar-refractivity contribution < 1.29 is 13.2 Å². The summed E-state index contributed by atoms with van der Waals surface area (Å²) in [6.45, 7) is 4.02. The van der Waals surface area contributed by atoms with Gasteiger partial charge >= 0.3 is 6.18 Å². The number of rotatable bonds is 3. The Labute approximate surface area is 127 Å². The van der Waals surface area contributed by atoms with E-state index in [1.807, 2.05) is 32.0 Å². The van der Waals surface area contributed by atoms with Gasteiger partial charge in [0.1, 0.15) is 0 Å². The van der Waals surface area contributed by atoms with Crippen LogP contribution in [0.3, 0.4) is 0 Å². The first kappa shape index (κ1) is 15.9. The number of hydrogen-bond donors (Lipinski definition) is 0. The molecule has 0 fully saturated rings. The number of benzene rings is 2. The Morgan fingerprint density at radius 2 is 1.62 bits per heavy atom. The van der Waals surface area contributed by atoms with Crippen molar-refractivity contribution in [3.05, 3.63) is 70.3 Å². The predicted molar refractivity (Wildman–Crippen MR) is 79.7 cm³/mol. The molecule has 0 bridgehead atoms. The third-order valence-corrected chi connectivity index (χ3v) is 4.07. The summed E-state index contributed by atoms with van der Waals surface area (Å²) in [4.78, 5) is 0. The van der Waals surface area contributed by atoms with Crippen LogP contribution in [0.15, 0.2) is 42.5 Å². The first-order chi connectivity index (χ1) is 9.79. The van der Waals surface area contributed by atoms with E-state index in [-0.39, 0.29) is 5.38 Å². The first-order valence-electron chi connectivity index (χ1n) is 6.65. The molecule has 0 aliphatic carbocycles. The van der Waals surface area contributed by atoms with Gasteiger partial charge < -0.3 is 0 Å². The van der Waals surface area contributed by atoms with Crippen LogP contribution in [-0.2, 0) is 12.6 Å². The number of hydrogen-bond acceptors (Lipinski definition) is 0. The highest BCUT2D eigenvalue weighted by molar-refractivity contribution is 6.21. The second kappa shape index (κ2) is 6.10. The molecule has 0 radical (unpaired) electrons. The summed E-state index contributed by atoms with van der Waals surface area (Å²) in [6, 6.07) is 11.1. The second-order valence-electron chi connectivity index (χ2n) is 5.16. The van der Waals surface area contributed by atoms with Crippen LogP contribution in [0.5, 0.6) is 0 Å². The third-order valence-electron chi connectivity index (χ3n) is 3.68. The maximum absolute atomic E-state index is 12.5. The Morgan fingerprint density at radius 1 is 1.00 bits per heavy atom. The Hall–Kier alpha value is -1.48. The molecule has 4 heteroatoms. The fourth-order valence-electron chi connectivity index (χ4n) is 2.26. The Kier molecular flexibility index (Phi) is 4.62. The minimum absolute atomic E-state index is 0.248. The maximum atomic E-state index is 12.5. The summed E-state index contributed by atoms with van der Waals surface area (Å²) in [6.07, 6.45) is -3.80. The fraction of sp³-hybridized carbons (Fsp3) is 0.294. The molecular formula is C17H16ClF3. The lowest BCUT2D eigenvalue weighted by atomic mass is 9.97. The van der Waals surface area contributed by atoms with E-state index in [1.165, 1.54) is 12.1 Å². The van der Waals surface area contributed by atoms with E-state index in [0.29, 0.717) is 6.42 Å². The van der Waals surface area contributed by atoms with E-state index in [9.17, 15) is 13.2 Å². The van der Waals surface area contributed by atoms with Gasteiger partial charge in [-0.3, -0.25) is 0 Å². The van der Waals surface area contributed by atoms with Gasteiger partial charge in [-0.25, -0.2) is 0 Å². The van der Waals surface area contributed by atoms with Crippen molar-refractivity contribution in [1.29, 1.82) is 0 Å². The fourth-order valence-corrected chi connectivity index (χ4v) is 2.67. The SMILES string of the molecule is Cc1cccc(C(Cl)Cc2ccc(C(F)(F)F)cc2)c1C. The quantitative estimate of drug-likeness (QED) is 0.624. The molecule has 0 amide bonds. The average molecular weight is 313 g/mol. The predicted octanol–water partition coefficient (Wildman–Crippen LogP) is 5.84.